The first-order chi connectivity index (χ1) is 37.1. The number of azo groups is 2. The molecule has 390 valence electrons. The average Bonchev–Trinajstić information content (AvgIpc) is 3.80. The number of hydrogen-bond acceptors (Lipinski definition) is 23. The molecule has 26 heteroatoms. The number of ether oxygens (including phenoxy) is 2. The molecule has 0 atom stereocenters. The Kier molecular flexibility index (Phi) is 17.8. The van der Waals surface area contributed by atoms with Crippen molar-refractivity contribution in [3.63, 3.8) is 0 Å². The Morgan fingerprint density at radius 3 is 1.71 bits per heavy atom. The summed E-state index contributed by atoms with van der Waals surface area (Å²) in [6.07, 6.45) is 0. The molecule has 77 heavy (non-hydrogen) atoms. The number of rotatable bonds is 23. The van der Waals surface area contributed by atoms with Gasteiger partial charge in [-0.3, -0.25) is 27.5 Å². The lowest BCUT2D eigenvalue weighted by Crippen LogP contribution is -2.17. The van der Waals surface area contributed by atoms with E-state index in [1.807, 2.05) is 0 Å². The molecule has 1 amide bonds. The van der Waals surface area contributed by atoms with Crippen LogP contribution in [0.15, 0.2) is 146 Å². The number of nitrogens with one attached hydrogen (secondary N) is 3. The number of nitrogens with zero attached hydrogens (tertiary/aromatic N) is 7. The van der Waals surface area contributed by atoms with Gasteiger partial charge in [-0.2, -0.15) is 27.4 Å². The number of Topliss-reactive ketones (excluding diaryl/α,β-unsaturated/α-hetero) is 1. The molecular formula is C51H40N10O13S3. The quantitative estimate of drug-likeness (QED) is 0.0200. The predicted molar refractivity (Wildman–Crippen MR) is 278 cm³/mol. The number of nitriles is 2. The van der Waals surface area contributed by atoms with Gasteiger partial charge < -0.3 is 30.5 Å². The molecule has 0 saturated carbocycles. The number of aromatic nitrogens is 1. The first kappa shape index (κ1) is 55.3. The van der Waals surface area contributed by atoms with Crippen LogP contribution in [0.2, 0.25) is 0 Å². The third-order valence-corrected chi connectivity index (χ3v) is 14.5. The van der Waals surface area contributed by atoms with E-state index in [0.29, 0.717) is 33.8 Å². The van der Waals surface area contributed by atoms with E-state index in [1.165, 1.54) is 60.7 Å². The molecule has 0 bridgehead atoms. The molecule has 0 aliphatic heterocycles. The first-order valence-corrected chi connectivity index (χ1v) is 25.8. The van der Waals surface area contributed by atoms with Crippen molar-refractivity contribution in [3.05, 3.63) is 154 Å². The van der Waals surface area contributed by atoms with Crippen LogP contribution in [0.4, 0.5) is 50.1 Å². The topological polar surface area (TPSA) is 340 Å². The summed E-state index contributed by atoms with van der Waals surface area (Å²) < 4.78 is 68.6. The van der Waals surface area contributed by atoms with Crippen molar-refractivity contribution < 1.29 is 59.0 Å². The molecule has 0 radical (unpaired) electrons. The minimum Gasteiger partial charge on any atom is -0.463 e. The molecule has 2 aromatic heterocycles. The van der Waals surface area contributed by atoms with Crippen LogP contribution in [0.1, 0.15) is 48.5 Å². The minimum absolute atomic E-state index is 0.00141. The normalized spacial score (nSPS) is 11.4. The lowest BCUT2D eigenvalue weighted by Gasteiger charge is -2.16. The van der Waals surface area contributed by atoms with Crippen LogP contribution in [0, 0.1) is 29.6 Å². The van der Waals surface area contributed by atoms with Crippen molar-refractivity contribution in [3.8, 4) is 23.3 Å². The number of aliphatic hydroxyl groups is 1. The highest BCUT2D eigenvalue weighted by molar-refractivity contribution is 7.87. The molecule has 4 N–H and O–H groups in total. The van der Waals surface area contributed by atoms with Crippen LogP contribution in [0.3, 0.4) is 0 Å². The van der Waals surface area contributed by atoms with E-state index in [9.17, 15) is 51.6 Å². The van der Waals surface area contributed by atoms with Gasteiger partial charge in [0.1, 0.15) is 48.2 Å². The van der Waals surface area contributed by atoms with E-state index in [-0.39, 0.29) is 102 Å². The number of pyridine rings is 1. The largest absolute Gasteiger partial charge is 0.463 e. The number of aliphatic hydroxyl groups excluding tert-OH is 1. The molecule has 7 aromatic rings. The first-order valence-electron chi connectivity index (χ1n) is 22.2. The third-order valence-electron chi connectivity index (χ3n) is 11.0. The number of hydrogen-bond donors (Lipinski definition) is 4. The Balaban J connectivity index is 1.35. The van der Waals surface area contributed by atoms with Gasteiger partial charge in [0.15, 0.2) is 22.4 Å². The Labute approximate surface area is 443 Å². The summed E-state index contributed by atoms with van der Waals surface area (Å²) in [5.41, 5.74) is 2.94. The summed E-state index contributed by atoms with van der Waals surface area (Å²) in [6.45, 7) is 0.990. The Morgan fingerprint density at radius 2 is 1.19 bits per heavy atom. The molecule has 0 fully saturated rings. The number of carbonyl (C=O) groups is 4. The molecule has 7 rings (SSSR count). The van der Waals surface area contributed by atoms with Gasteiger partial charge >= 0.3 is 0 Å². The molecule has 2 heterocycles. The van der Waals surface area contributed by atoms with Gasteiger partial charge in [-0.05, 0) is 109 Å². The lowest BCUT2D eigenvalue weighted by molar-refractivity contribution is -0.130. The zero-order valence-corrected chi connectivity index (χ0v) is 42.9. The van der Waals surface area contributed by atoms with Crippen LogP contribution in [0.5, 0.6) is 0 Å². The van der Waals surface area contributed by atoms with Gasteiger partial charge in [0.25, 0.3) is 39.1 Å². The van der Waals surface area contributed by atoms with Crippen molar-refractivity contribution in [1.29, 1.82) is 10.5 Å². The number of amides is 1. The highest BCUT2D eigenvalue weighted by atomic mass is 32.2. The molecule has 0 saturated heterocycles. The SMILES string of the molecule is COS(=O)(=O)c1ccc(Nc2nc(Nc3ccc(S(=O)(=O)OC)cc3)c(N=Nc3sc(N=Nc4cc(COC=O)cc(COC=O)c4)c(-c4ccc(NC(=O)c5ccccc5C(=O)CO)cc4)c3C#N)c(C)c2C#N)cc1. The lowest BCUT2D eigenvalue weighted by atomic mass is 10.0. The Bertz CT molecular complexity index is 3750. The Hall–Kier alpha value is -9.41. The van der Waals surface area contributed by atoms with Crippen molar-refractivity contribution >= 4 is 106 Å². The Morgan fingerprint density at radius 1 is 0.675 bits per heavy atom. The summed E-state index contributed by atoms with van der Waals surface area (Å²) >= 11 is 0.894. The second-order valence-corrected chi connectivity index (χ2v) is 20.2. The summed E-state index contributed by atoms with van der Waals surface area (Å²) in [5, 5.41) is 57.9. The number of benzene rings is 5. The number of thiophene rings is 1. The van der Waals surface area contributed by atoms with E-state index >= 15 is 0 Å². The molecule has 0 spiro atoms. The van der Waals surface area contributed by atoms with Crippen LogP contribution < -0.4 is 16.0 Å². The molecule has 0 aliphatic rings. The van der Waals surface area contributed by atoms with Gasteiger partial charge in [-0.25, -0.2) is 4.98 Å². The monoisotopic (exact) mass is 1100 g/mol. The fourth-order valence-electron chi connectivity index (χ4n) is 7.28. The van der Waals surface area contributed by atoms with E-state index in [0.717, 1.165) is 25.6 Å². The van der Waals surface area contributed by atoms with E-state index in [2.05, 4.69) is 61.9 Å². The highest BCUT2D eigenvalue weighted by Gasteiger charge is 2.24. The maximum absolute atomic E-state index is 13.4. The average molecular weight is 1100 g/mol. The van der Waals surface area contributed by atoms with E-state index in [1.54, 1.807) is 61.5 Å². The minimum atomic E-state index is -4.06. The second-order valence-electron chi connectivity index (χ2n) is 15.8. The van der Waals surface area contributed by atoms with Gasteiger partial charge in [-0.15, -0.1) is 20.5 Å². The number of anilines is 5. The van der Waals surface area contributed by atoms with Gasteiger partial charge in [0.2, 0.25) is 0 Å². The molecular weight excluding hydrogens is 1060 g/mol. The van der Waals surface area contributed by atoms with Gasteiger partial charge in [-0.1, -0.05) is 41.7 Å². The molecule has 0 aliphatic carbocycles. The maximum Gasteiger partial charge on any atom is 0.296 e. The third kappa shape index (κ3) is 13.1. The zero-order chi connectivity index (χ0) is 55.3. The van der Waals surface area contributed by atoms with Crippen molar-refractivity contribution in [2.24, 2.45) is 20.5 Å². The zero-order valence-electron chi connectivity index (χ0n) is 40.4. The van der Waals surface area contributed by atoms with E-state index < -0.39 is 38.5 Å². The summed E-state index contributed by atoms with van der Waals surface area (Å²) in [4.78, 5) is 52.3. The van der Waals surface area contributed by atoms with Crippen molar-refractivity contribution in [2.45, 2.75) is 29.9 Å². The van der Waals surface area contributed by atoms with Crippen molar-refractivity contribution in [1.82, 2.24) is 4.98 Å². The van der Waals surface area contributed by atoms with Gasteiger partial charge in [0.05, 0.1) is 40.8 Å². The smallest absolute Gasteiger partial charge is 0.296 e. The summed E-state index contributed by atoms with van der Waals surface area (Å²) in [6, 6.07) is 32.2. The second kappa shape index (κ2) is 24.7. The fraction of sp³-hybridized carbons (Fsp3) is 0.118. The molecule has 0 unspecified atom stereocenters. The van der Waals surface area contributed by atoms with Crippen molar-refractivity contribution in [2.75, 3.05) is 36.8 Å². The molecule has 5 aromatic carbocycles. The van der Waals surface area contributed by atoms with Crippen LogP contribution in [-0.2, 0) is 60.9 Å². The van der Waals surface area contributed by atoms with Crippen LogP contribution in [0.25, 0.3) is 11.1 Å². The van der Waals surface area contributed by atoms with E-state index in [4.69, 9.17) is 9.47 Å². The number of ketones is 1. The standard InChI is InChI=1S/C51H40N10O13S3/c1-30-42(23-52)47(54-34-12-16-38(17-13-34)76(67,68)71-2)57-48(55-35-14-18-39(19-15-35)77(69,70)72-3)46(30)59-60-50-43(24-53)45(51(75-50)61-58-37-21-31(26-73-28-63)20-32(22-37)27-74-29-64)33-8-10-36(11-9-33)56-49(66)41-7-5-4-6-40(41)44(65)25-62/h4-22,28-29,62H,25-27H2,1-3H3,(H,56,66)(H2,54,55,57). The number of carbonyl (C=O) groups excluding carboxylic acids is 4. The van der Waals surface area contributed by atoms with Crippen LogP contribution in [-0.4, -0.2) is 72.4 Å². The predicted octanol–water partition coefficient (Wildman–Crippen LogP) is 9.62. The summed E-state index contributed by atoms with van der Waals surface area (Å²) in [7, 11) is -6.05. The summed E-state index contributed by atoms with van der Waals surface area (Å²) in [5.74, 6) is -1.30. The fourth-order valence-corrected chi connectivity index (χ4v) is 9.52. The van der Waals surface area contributed by atoms with Crippen LogP contribution >= 0.6 is 11.3 Å². The highest BCUT2D eigenvalue weighted by Crippen LogP contribution is 2.49. The van der Waals surface area contributed by atoms with Gasteiger partial charge in [0, 0.05) is 33.8 Å². The maximum atomic E-state index is 13.4. The molecule has 23 nitrogen and oxygen atoms in total.